The Kier molecular flexibility index (Phi) is 4.85. The van der Waals surface area contributed by atoms with Gasteiger partial charge in [0, 0.05) is 18.2 Å². The first-order chi connectivity index (χ1) is 12.3. The summed E-state index contributed by atoms with van der Waals surface area (Å²) in [5.74, 6) is -2.42. The predicted octanol–water partition coefficient (Wildman–Crippen LogP) is 3.79. The Morgan fingerprint density at radius 2 is 2.08 bits per heavy atom. The molecule has 1 heterocycles. The zero-order chi connectivity index (χ0) is 18.8. The average molecular weight is 378 g/mol. The van der Waals surface area contributed by atoms with Gasteiger partial charge in [-0.25, -0.2) is 13.8 Å². The first-order valence-electron chi connectivity index (χ1n) is 7.36. The number of amides is 1. The van der Waals surface area contributed by atoms with Crippen molar-refractivity contribution in [2.24, 2.45) is 0 Å². The first-order valence-corrected chi connectivity index (χ1v) is 8.35. The van der Waals surface area contributed by atoms with Gasteiger partial charge in [-0.05, 0) is 13.0 Å². The molecule has 0 bridgehead atoms. The van der Waals surface area contributed by atoms with Gasteiger partial charge in [0.25, 0.3) is 5.69 Å². The topological polar surface area (TPSA) is 101 Å². The molecule has 0 spiro atoms. The number of nitrogens with zero attached hydrogens (tertiary/aromatic N) is 2. The van der Waals surface area contributed by atoms with Gasteiger partial charge in [0.2, 0.25) is 5.91 Å². The molecule has 26 heavy (non-hydrogen) atoms. The molecule has 0 saturated heterocycles. The van der Waals surface area contributed by atoms with E-state index in [0.717, 1.165) is 23.9 Å². The second-order valence-electron chi connectivity index (χ2n) is 5.37. The van der Waals surface area contributed by atoms with E-state index in [1.54, 1.807) is 13.0 Å². The number of halogens is 2. The zero-order valence-electron chi connectivity index (χ0n) is 13.4. The number of anilines is 1. The summed E-state index contributed by atoms with van der Waals surface area (Å²) in [7, 11) is 0. The van der Waals surface area contributed by atoms with Gasteiger partial charge in [-0.2, -0.15) is 0 Å². The normalized spacial score (nSPS) is 10.9. The van der Waals surface area contributed by atoms with E-state index in [4.69, 9.17) is 0 Å². The summed E-state index contributed by atoms with van der Waals surface area (Å²) in [6.07, 6.45) is 0. The molecule has 1 amide bonds. The second-order valence-corrected chi connectivity index (χ2v) is 6.33. The number of rotatable bonds is 5. The highest BCUT2D eigenvalue weighted by molar-refractivity contribution is 7.99. The molecule has 7 nitrogen and oxygen atoms in total. The summed E-state index contributed by atoms with van der Waals surface area (Å²) in [6.45, 7) is 1.54. The summed E-state index contributed by atoms with van der Waals surface area (Å²) in [6, 6.07) is 6.37. The number of aromatic amines is 1. The lowest BCUT2D eigenvalue weighted by Gasteiger charge is -2.07. The molecule has 0 aliphatic carbocycles. The lowest BCUT2D eigenvalue weighted by atomic mass is 10.1. The van der Waals surface area contributed by atoms with Gasteiger partial charge in [0.15, 0.2) is 16.8 Å². The van der Waals surface area contributed by atoms with E-state index in [2.05, 4.69) is 15.3 Å². The number of imidazole rings is 1. The molecule has 0 saturated carbocycles. The maximum Gasteiger partial charge on any atom is 0.274 e. The fourth-order valence-corrected chi connectivity index (χ4v) is 3.01. The number of H-pyrrole nitrogens is 1. The summed E-state index contributed by atoms with van der Waals surface area (Å²) < 4.78 is 26.4. The van der Waals surface area contributed by atoms with Crippen molar-refractivity contribution in [1.29, 1.82) is 0 Å². The minimum absolute atomic E-state index is 0.0348. The van der Waals surface area contributed by atoms with Crippen LogP contribution in [0.5, 0.6) is 0 Å². The fourth-order valence-electron chi connectivity index (χ4n) is 2.33. The number of fused-ring (bicyclic) bond motifs is 1. The summed E-state index contributed by atoms with van der Waals surface area (Å²) in [5.41, 5.74) is 1.18. The molecule has 2 N–H and O–H groups in total. The molecule has 3 rings (SSSR count). The van der Waals surface area contributed by atoms with E-state index < -0.39 is 22.5 Å². The minimum Gasteiger partial charge on any atom is -0.333 e. The van der Waals surface area contributed by atoms with Crippen LogP contribution in [0.25, 0.3) is 11.0 Å². The van der Waals surface area contributed by atoms with Gasteiger partial charge in [0.05, 0.1) is 33.0 Å². The van der Waals surface area contributed by atoms with Crippen molar-refractivity contribution < 1.29 is 18.5 Å². The second kappa shape index (κ2) is 7.08. The van der Waals surface area contributed by atoms with Crippen molar-refractivity contribution in [3.8, 4) is 0 Å². The predicted molar refractivity (Wildman–Crippen MR) is 93.2 cm³/mol. The third-order valence-electron chi connectivity index (χ3n) is 3.62. The Hall–Kier alpha value is -3.01. The highest BCUT2D eigenvalue weighted by Crippen LogP contribution is 2.26. The van der Waals surface area contributed by atoms with Crippen LogP contribution in [0.2, 0.25) is 0 Å². The SMILES string of the molecule is Cc1c(NC(=O)CSc2nc3cc(F)c(F)cc3[nH]2)cccc1[N+](=O)[O-]. The smallest absolute Gasteiger partial charge is 0.274 e. The van der Waals surface area contributed by atoms with Crippen LogP contribution in [-0.4, -0.2) is 26.6 Å². The Morgan fingerprint density at radius 3 is 2.81 bits per heavy atom. The van der Waals surface area contributed by atoms with E-state index in [-0.39, 0.29) is 17.0 Å². The molecule has 1 aromatic heterocycles. The summed E-state index contributed by atoms with van der Waals surface area (Å²) in [5, 5.41) is 13.9. The highest BCUT2D eigenvalue weighted by atomic mass is 32.2. The Bertz CT molecular complexity index is 983. The van der Waals surface area contributed by atoms with Crippen molar-refractivity contribution in [3.05, 3.63) is 57.6 Å². The van der Waals surface area contributed by atoms with E-state index in [9.17, 15) is 23.7 Å². The standard InChI is InChI=1S/C16H12F2N4O3S/c1-8-11(3-2-4-14(8)22(24)25)19-15(23)7-26-16-20-12-5-9(17)10(18)6-13(12)21-16/h2-6H,7H2,1H3,(H,19,23)(H,20,21). The molecule has 0 atom stereocenters. The maximum absolute atomic E-state index is 13.2. The lowest BCUT2D eigenvalue weighted by Crippen LogP contribution is -2.15. The fraction of sp³-hybridized carbons (Fsp3) is 0.125. The molecule has 0 radical (unpaired) electrons. The molecule has 0 aliphatic heterocycles. The summed E-state index contributed by atoms with van der Waals surface area (Å²) >= 11 is 1.04. The van der Waals surface area contributed by atoms with E-state index in [0.29, 0.717) is 21.9 Å². The largest absolute Gasteiger partial charge is 0.333 e. The first kappa shape index (κ1) is 17.8. The van der Waals surface area contributed by atoms with Crippen LogP contribution >= 0.6 is 11.8 Å². The molecule has 134 valence electrons. The molecular weight excluding hydrogens is 366 g/mol. The molecule has 0 unspecified atom stereocenters. The van der Waals surface area contributed by atoms with Gasteiger partial charge in [0.1, 0.15) is 0 Å². The van der Waals surface area contributed by atoms with Crippen LogP contribution < -0.4 is 5.32 Å². The van der Waals surface area contributed by atoms with Crippen molar-refractivity contribution in [2.75, 3.05) is 11.1 Å². The van der Waals surface area contributed by atoms with Crippen LogP contribution in [0.1, 0.15) is 5.56 Å². The molecular formula is C16H12F2N4O3S. The zero-order valence-corrected chi connectivity index (χ0v) is 14.2. The third-order valence-corrected chi connectivity index (χ3v) is 4.49. The van der Waals surface area contributed by atoms with E-state index in [1.807, 2.05) is 0 Å². The number of thioether (sulfide) groups is 1. The van der Waals surface area contributed by atoms with Crippen molar-refractivity contribution in [3.63, 3.8) is 0 Å². The maximum atomic E-state index is 13.2. The quantitative estimate of drug-likeness (QED) is 0.400. The van der Waals surface area contributed by atoms with E-state index >= 15 is 0 Å². The highest BCUT2D eigenvalue weighted by Gasteiger charge is 2.15. The van der Waals surface area contributed by atoms with Crippen LogP contribution in [0.4, 0.5) is 20.2 Å². The number of carbonyl (C=O) groups is 1. The van der Waals surface area contributed by atoms with Gasteiger partial charge in [-0.15, -0.1) is 0 Å². The van der Waals surface area contributed by atoms with Crippen molar-refractivity contribution >= 4 is 40.1 Å². The number of nitrogens with one attached hydrogen (secondary N) is 2. The Morgan fingerprint density at radius 1 is 1.35 bits per heavy atom. The van der Waals surface area contributed by atoms with Gasteiger partial charge in [-0.1, -0.05) is 17.8 Å². The van der Waals surface area contributed by atoms with E-state index in [1.165, 1.54) is 12.1 Å². The van der Waals surface area contributed by atoms with Crippen molar-refractivity contribution in [2.45, 2.75) is 12.1 Å². The Balaban J connectivity index is 1.68. The number of hydrogen-bond acceptors (Lipinski definition) is 5. The monoisotopic (exact) mass is 378 g/mol. The average Bonchev–Trinajstić information content (AvgIpc) is 2.96. The Labute approximate surface area is 150 Å². The third kappa shape index (κ3) is 3.64. The molecule has 2 aromatic carbocycles. The molecule has 3 aromatic rings. The van der Waals surface area contributed by atoms with Gasteiger partial charge >= 0.3 is 0 Å². The minimum atomic E-state index is -1.00. The van der Waals surface area contributed by atoms with Crippen LogP contribution in [-0.2, 0) is 4.79 Å². The number of aromatic nitrogens is 2. The van der Waals surface area contributed by atoms with Gasteiger partial charge in [-0.3, -0.25) is 14.9 Å². The number of benzene rings is 2. The molecule has 0 fully saturated rings. The number of carbonyl (C=O) groups excluding carboxylic acids is 1. The van der Waals surface area contributed by atoms with Crippen molar-refractivity contribution in [1.82, 2.24) is 9.97 Å². The number of hydrogen-bond donors (Lipinski definition) is 2. The molecule has 10 heteroatoms. The van der Waals surface area contributed by atoms with Gasteiger partial charge < -0.3 is 10.3 Å². The van der Waals surface area contributed by atoms with Crippen LogP contribution in [0, 0.1) is 28.7 Å². The molecule has 0 aliphatic rings. The van der Waals surface area contributed by atoms with Crippen LogP contribution in [0.15, 0.2) is 35.5 Å². The number of nitro benzene ring substituents is 1. The summed E-state index contributed by atoms with van der Waals surface area (Å²) in [4.78, 5) is 29.4. The lowest BCUT2D eigenvalue weighted by molar-refractivity contribution is -0.385. The number of nitro groups is 1. The van der Waals surface area contributed by atoms with Crippen LogP contribution in [0.3, 0.4) is 0 Å².